The summed E-state index contributed by atoms with van der Waals surface area (Å²) in [6, 6.07) is 1.56. The van der Waals surface area contributed by atoms with Gasteiger partial charge in [0.25, 0.3) is 0 Å². The molecule has 0 aromatic carbocycles. The number of aromatic nitrogens is 1. The van der Waals surface area contributed by atoms with E-state index in [4.69, 9.17) is 26.2 Å². The number of aliphatic hydroxyl groups excluding tert-OH is 1. The van der Waals surface area contributed by atoms with Crippen LogP contribution >= 0.6 is 11.6 Å². The fourth-order valence-corrected chi connectivity index (χ4v) is 1.18. The molecule has 0 saturated carbocycles. The third-order valence-corrected chi connectivity index (χ3v) is 1.81. The van der Waals surface area contributed by atoms with Crippen LogP contribution in [0.25, 0.3) is 0 Å². The maximum Gasteiger partial charge on any atom is 0.235 e. The number of aliphatic hydroxyl groups is 1. The lowest BCUT2D eigenvalue weighted by atomic mass is 10.3. The van der Waals surface area contributed by atoms with Crippen molar-refractivity contribution in [2.75, 3.05) is 14.2 Å². The maximum absolute atomic E-state index is 8.92. The minimum atomic E-state index is -0.167. The van der Waals surface area contributed by atoms with Crippen LogP contribution in [0.3, 0.4) is 0 Å². The van der Waals surface area contributed by atoms with E-state index in [1.165, 1.54) is 14.2 Å². The zero-order valence-electron chi connectivity index (χ0n) is 7.37. The second kappa shape index (κ2) is 4.30. The quantitative estimate of drug-likeness (QED) is 0.803. The number of pyridine rings is 1. The smallest absolute Gasteiger partial charge is 0.235 e. The van der Waals surface area contributed by atoms with Gasteiger partial charge in [0.1, 0.15) is 5.02 Å². The number of hydrogen-bond donors (Lipinski definition) is 1. The highest BCUT2D eigenvalue weighted by Gasteiger charge is 2.10. The molecule has 4 nitrogen and oxygen atoms in total. The maximum atomic E-state index is 8.92. The minimum absolute atomic E-state index is 0.167. The molecule has 0 aliphatic heterocycles. The Balaban J connectivity index is 3.18. The first-order valence-electron chi connectivity index (χ1n) is 3.61. The second-order valence-electron chi connectivity index (χ2n) is 2.31. The van der Waals surface area contributed by atoms with Crippen molar-refractivity contribution in [2.24, 2.45) is 0 Å². The van der Waals surface area contributed by atoms with Crippen molar-refractivity contribution in [3.63, 3.8) is 0 Å². The summed E-state index contributed by atoms with van der Waals surface area (Å²) in [6.07, 6.45) is 0. The van der Waals surface area contributed by atoms with Crippen LogP contribution in [0.1, 0.15) is 5.56 Å². The van der Waals surface area contributed by atoms with Crippen molar-refractivity contribution in [1.29, 1.82) is 0 Å². The van der Waals surface area contributed by atoms with Gasteiger partial charge in [-0.05, 0) is 6.07 Å². The molecule has 0 amide bonds. The molecule has 13 heavy (non-hydrogen) atoms. The predicted octanol–water partition coefficient (Wildman–Crippen LogP) is 1.24. The lowest BCUT2D eigenvalue weighted by molar-refractivity contribution is 0.270. The van der Waals surface area contributed by atoms with Crippen LogP contribution in [-0.4, -0.2) is 24.3 Å². The first-order chi connectivity index (χ1) is 6.22. The van der Waals surface area contributed by atoms with Gasteiger partial charge in [0, 0.05) is 5.56 Å². The number of nitrogens with zero attached hydrogens (tertiary/aromatic N) is 1. The zero-order valence-corrected chi connectivity index (χ0v) is 8.13. The molecule has 1 aromatic heterocycles. The normalized spacial score (nSPS) is 9.85. The number of halogens is 1. The minimum Gasteiger partial charge on any atom is -0.481 e. The van der Waals surface area contributed by atoms with Gasteiger partial charge in [0.15, 0.2) is 0 Å². The van der Waals surface area contributed by atoms with E-state index in [1.807, 2.05) is 0 Å². The highest BCUT2D eigenvalue weighted by Crippen LogP contribution is 2.28. The fourth-order valence-electron chi connectivity index (χ4n) is 0.927. The highest BCUT2D eigenvalue weighted by molar-refractivity contribution is 6.31. The van der Waals surface area contributed by atoms with Crippen molar-refractivity contribution in [3.8, 4) is 11.8 Å². The van der Waals surface area contributed by atoms with Crippen LogP contribution in [0.4, 0.5) is 0 Å². The summed E-state index contributed by atoms with van der Waals surface area (Å²) < 4.78 is 9.81. The van der Waals surface area contributed by atoms with Gasteiger partial charge < -0.3 is 14.6 Å². The van der Waals surface area contributed by atoms with Crippen molar-refractivity contribution in [2.45, 2.75) is 6.61 Å². The summed E-state index contributed by atoms with van der Waals surface area (Å²) in [5, 5.41) is 9.27. The SMILES string of the molecule is COc1nc(OC)c(CO)cc1Cl. The van der Waals surface area contributed by atoms with Crippen LogP contribution in [0.15, 0.2) is 6.07 Å². The van der Waals surface area contributed by atoms with Crippen molar-refractivity contribution in [1.82, 2.24) is 4.98 Å². The van der Waals surface area contributed by atoms with Gasteiger partial charge in [0.05, 0.1) is 20.8 Å². The van der Waals surface area contributed by atoms with E-state index in [0.717, 1.165) is 0 Å². The van der Waals surface area contributed by atoms with Gasteiger partial charge >= 0.3 is 0 Å². The third kappa shape index (κ3) is 2.02. The molecule has 5 heteroatoms. The Morgan fingerprint density at radius 2 is 2.00 bits per heavy atom. The van der Waals surface area contributed by atoms with E-state index < -0.39 is 0 Å². The van der Waals surface area contributed by atoms with E-state index in [2.05, 4.69) is 4.98 Å². The first kappa shape index (κ1) is 10.1. The largest absolute Gasteiger partial charge is 0.481 e. The molecule has 0 saturated heterocycles. The number of methoxy groups -OCH3 is 2. The average molecular weight is 204 g/mol. The summed E-state index contributed by atoms with van der Waals surface area (Å²) >= 11 is 5.78. The molecule has 0 fully saturated rings. The molecule has 1 aromatic rings. The number of hydrogen-bond acceptors (Lipinski definition) is 4. The van der Waals surface area contributed by atoms with E-state index in [9.17, 15) is 0 Å². The van der Waals surface area contributed by atoms with E-state index in [-0.39, 0.29) is 12.5 Å². The molecule has 1 rings (SSSR count). The standard InChI is InChI=1S/C8H10ClNO3/c1-12-7-5(4-11)3-6(9)8(10-7)13-2/h3,11H,4H2,1-2H3. The van der Waals surface area contributed by atoms with Gasteiger partial charge in [-0.2, -0.15) is 4.98 Å². The molecule has 0 atom stereocenters. The van der Waals surface area contributed by atoms with Crippen LogP contribution in [-0.2, 0) is 6.61 Å². The van der Waals surface area contributed by atoms with Crippen LogP contribution in [0.2, 0.25) is 5.02 Å². The van der Waals surface area contributed by atoms with Gasteiger partial charge in [-0.25, -0.2) is 0 Å². The predicted molar refractivity (Wildman–Crippen MR) is 48.3 cm³/mol. The Labute approximate surface area is 81.1 Å². The molecule has 0 bridgehead atoms. The van der Waals surface area contributed by atoms with Gasteiger partial charge in [-0.15, -0.1) is 0 Å². The Morgan fingerprint density at radius 1 is 1.38 bits per heavy atom. The number of rotatable bonds is 3. The molecule has 0 aliphatic carbocycles. The van der Waals surface area contributed by atoms with Crippen molar-refractivity contribution in [3.05, 3.63) is 16.7 Å². The molecule has 0 spiro atoms. The molecule has 1 heterocycles. The molecule has 1 N–H and O–H groups in total. The highest BCUT2D eigenvalue weighted by atomic mass is 35.5. The molecule has 0 aliphatic rings. The molecule has 0 radical (unpaired) electrons. The van der Waals surface area contributed by atoms with Crippen LogP contribution < -0.4 is 9.47 Å². The molecular formula is C8H10ClNO3. The van der Waals surface area contributed by atoms with Gasteiger partial charge in [-0.3, -0.25) is 0 Å². The summed E-state index contributed by atoms with van der Waals surface area (Å²) in [6.45, 7) is -0.167. The van der Waals surface area contributed by atoms with Crippen molar-refractivity contribution >= 4 is 11.6 Å². The average Bonchev–Trinajstić information content (AvgIpc) is 2.17. The van der Waals surface area contributed by atoms with Gasteiger partial charge in [-0.1, -0.05) is 11.6 Å². The van der Waals surface area contributed by atoms with Crippen LogP contribution in [0.5, 0.6) is 11.8 Å². The topological polar surface area (TPSA) is 51.6 Å². The fraction of sp³-hybridized carbons (Fsp3) is 0.375. The molecule has 72 valence electrons. The Morgan fingerprint density at radius 3 is 2.46 bits per heavy atom. The monoisotopic (exact) mass is 203 g/mol. The summed E-state index contributed by atoms with van der Waals surface area (Å²) in [5.74, 6) is 0.611. The summed E-state index contributed by atoms with van der Waals surface area (Å²) in [5.41, 5.74) is 0.535. The van der Waals surface area contributed by atoms with E-state index in [0.29, 0.717) is 16.5 Å². The lowest BCUT2D eigenvalue weighted by Gasteiger charge is -2.08. The molecule has 0 unspecified atom stereocenters. The third-order valence-electron chi connectivity index (χ3n) is 1.54. The second-order valence-corrected chi connectivity index (χ2v) is 2.71. The number of ether oxygens (including phenoxy) is 2. The summed E-state index contributed by atoms with van der Waals surface area (Å²) in [4.78, 5) is 3.94. The van der Waals surface area contributed by atoms with Crippen molar-refractivity contribution < 1.29 is 14.6 Å². The first-order valence-corrected chi connectivity index (χ1v) is 3.99. The molecular weight excluding hydrogens is 194 g/mol. The van der Waals surface area contributed by atoms with Crippen LogP contribution in [0, 0.1) is 0 Å². The zero-order chi connectivity index (χ0) is 9.84. The lowest BCUT2D eigenvalue weighted by Crippen LogP contribution is -1.98. The Hall–Kier alpha value is -1.00. The Kier molecular flexibility index (Phi) is 3.33. The Bertz CT molecular complexity index is 304. The van der Waals surface area contributed by atoms with Gasteiger partial charge in [0.2, 0.25) is 11.8 Å². The summed E-state index contributed by atoms with van der Waals surface area (Å²) in [7, 11) is 2.93. The van der Waals surface area contributed by atoms with E-state index >= 15 is 0 Å². The van der Waals surface area contributed by atoms with E-state index in [1.54, 1.807) is 6.07 Å².